The van der Waals surface area contributed by atoms with E-state index in [4.69, 9.17) is 0 Å². The van der Waals surface area contributed by atoms with E-state index >= 15 is 0 Å². The molecule has 0 bridgehead atoms. The Morgan fingerprint density at radius 3 is 2.83 bits per heavy atom. The number of anilines is 2. The van der Waals surface area contributed by atoms with Crippen molar-refractivity contribution in [3.63, 3.8) is 0 Å². The number of hydrogen-bond acceptors (Lipinski definition) is 3. The van der Waals surface area contributed by atoms with Gasteiger partial charge in [0.25, 0.3) is 0 Å². The summed E-state index contributed by atoms with van der Waals surface area (Å²) in [5, 5.41) is 4.44. The van der Waals surface area contributed by atoms with E-state index in [1.54, 1.807) is 18.6 Å². The minimum Gasteiger partial charge on any atom is -0.354 e. The first-order valence-electron chi connectivity index (χ1n) is 5.54. The van der Waals surface area contributed by atoms with Crippen molar-refractivity contribution in [2.75, 3.05) is 5.32 Å². The maximum absolute atomic E-state index is 4.34. The van der Waals surface area contributed by atoms with Crippen LogP contribution in [0, 0.1) is 0 Å². The molecule has 3 rings (SSSR count). The van der Waals surface area contributed by atoms with Gasteiger partial charge in [-0.25, -0.2) is 0 Å². The fourth-order valence-corrected chi connectivity index (χ4v) is 2.16. The zero-order chi connectivity index (χ0) is 12.4. The van der Waals surface area contributed by atoms with Crippen molar-refractivity contribution < 1.29 is 0 Å². The van der Waals surface area contributed by atoms with Crippen LogP contribution in [0.25, 0.3) is 10.9 Å². The van der Waals surface area contributed by atoms with Gasteiger partial charge < -0.3 is 5.32 Å². The Hall–Kier alpha value is -1.94. The molecule has 0 fully saturated rings. The Kier molecular flexibility index (Phi) is 2.94. The highest BCUT2D eigenvalue weighted by Crippen LogP contribution is 2.22. The van der Waals surface area contributed by atoms with Crippen molar-refractivity contribution in [2.45, 2.75) is 0 Å². The lowest BCUT2D eigenvalue weighted by Crippen LogP contribution is -1.91. The second-order valence-electron chi connectivity index (χ2n) is 3.93. The van der Waals surface area contributed by atoms with Gasteiger partial charge in [-0.1, -0.05) is 12.1 Å². The number of fused-ring (bicyclic) bond motifs is 1. The van der Waals surface area contributed by atoms with Gasteiger partial charge >= 0.3 is 0 Å². The lowest BCUT2D eigenvalue weighted by atomic mass is 10.2. The molecular formula is C14H10BrN3. The quantitative estimate of drug-likeness (QED) is 0.773. The summed E-state index contributed by atoms with van der Waals surface area (Å²) < 4.78 is 0.950. The highest BCUT2D eigenvalue weighted by atomic mass is 79.9. The van der Waals surface area contributed by atoms with Gasteiger partial charge in [0.15, 0.2) is 0 Å². The first-order chi connectivity index (χ1) is 8.81. The smallest absolute Gasteiger partial charge is 0.0722 e. The van der Waals surface area contributed by atoms with Crippen molar-refractivity contribution in [1.82, 2.24) is 9.97 Å². The normalized spacial score (nSPS) is 10.5. The van der Waals surface area contributed by atoms with Gasteiger partial charge in [-0.05, 0) is 40.2 Å². The van der Waals surface area contributed by atoms with Crippen LogP contribution in [0.4, 0.5) is 11.4 Å². The summed E-state index contributed by atoms with van der Waals surface area (Å²) in [5.74, 6) is 0. The molecule has 3 nitrogen and oxygen atoms in total. The Balaban J connectivity index is 1.95. The molecule has 2 heterocycles. The SMILES string of the molecule is Brc1cncc(Nc2ccc3cccnc3c2)c1. The molecule has 4 heteroatoms. The third kappa shape index (κ3) is 2.33. The van der Waals surface area contributed by atoms with Crippen LogP contribution >= 0.6 is 15.9 Å². The molecule has 2 aromatic heterocycles. The van der Waals surface area contributed by atoms with Gasteiger partial charge in [0, 0.05) is 27.9 Å². The predicted molar refractivity (Wildman–Crippen MR) is 77.0 cm³/mol. The summed E-state index contributed by atoms with van der Waals surface area (Å²) in [4.78, 5) is 8.45. The maximum Gasteiger partial charge on any atom is 0.0722 e. The average molecular weight is 300 g/mol. The van der Waals surface area contributed by atoms with Crippen LogP contribution in [-0.4, -0.2) is 9.97 Å². The Bertz CT molecular complexity index is 697. The third-order valence-corrected chi connectivity index (χ3v) is 3.03. The summed E-state index contributed by atoms with van der Waals surface area (Å²) in [6.07, 6.45) is 5.34. The summed E-state index contributed by atoms with van der Waals surface area (Å²) in [6, 6.07) is 12.1. The van der Waals surface area contributed by atoms with E-state index in [0.717, 1.165) is 26.8 Å². The fourth-order valence-electron chi connectivity index (χ4n) is 1.79. The van der Waals surface area contributed by atoms with E-state index in [2.05, 4.69) is 37.3 Å². The summed E-state index contributed by atoms with van der Waals surface area (Å²) in [5.41, 5.74) is 2.92. The van der Waals surface area contributed by atoms with Crippen molar-refractivity contribution in [3.8, 4) is 0 Å². The average Bonchev–Trinajstić information content (AvgIpc) is 2.39. The zero-order valence-electron chi connectivity index (χ0n) is 9.47. The highest BCUT2D eigenvalue weighted by Gasteiger charge is 1.99. The molecule has 88 valence electrons. The number of hydrogen-bond donors (Lipinski definition) is 1. The van der Waals surface area contributed by atoms with E-state index in [1.165, 1.54) is 0 Å². The molecule has 0 aliphatic heterocycles. The molecule has 3 aromatic rings. The van der Waals surface area contributed by atoms with Crippen molar-refractivity contribution in [2.24, 2.45) is 0 Å². The molecule has 0 aliphatic carbocycles. The molecule has 0 amide bonds. The second-order valence-corrected chi connectivity index (χ2v) is 4.84. The lowest BCUT2D eigenvalue weighted by Gasteiger charge is -2.07. The van der Waals surface area contributed by atoms with Crippen LogP contribution in [0.15, 0.2) is 59.5 Å². The van der Waals surface area contributed by atoms with Crippen LogP contribution in [0.3, 0.4) is 0 Å². The lowest BCUT2D eigenvalue weighted by molar-refractivity contribution is 1.30. The van der Waals surface area contributed by atoms with Crippen LogP contribution in [0.1, 0.15) is 0 Å². The zero-order valence-corrected chi connectivity index (χ0v) is 11.1. The predicted octanol–water partition coefficient (Wildman–Crippen LogP) is 4.14. The molecule has 0 aliphatic rings. The molecule has 0 unspecified atom stereocenters. The summed E-state index contributed by atoms with van der Waals surface area (Å²) >= 11 is 3.40. The van der Waals surface area contributed by atoms with E-state index in [9.17, 15) is 0 Å². The number of pyridine rings is 2. The fraction of sp³-hybridized carbons (Fsp3) is 0. The number of nitrogens with zero attached hydrogens (tertiary/aromatic N) is 2. The number of aromatic nitrogens is 2. The first kappa shape index (κ1) is 11.2. The van der Waals surface area contributed by atoms with Crippen LogP contribution in [-0.2, 0) is 0 Å². The topological polar surface area (TPSA) is 37.8 Å². The van der Waals surface area contributed by atoms with Crippen molar-refractivity contribution in [3.05, 3.63) is 59.5 Å². The Labute approximate surface area is 113 Å². The Morgan fingerprint density at radius 2 is 1.94 bits per heavy atom. The molecule has 0 radical (unpaired) electrons. The molecule has 0 spiro atoms. The van der Waals surface area contributed by atoms with Gasteiger partial charge in [0.2, 0.25) is 0 Å². The molecule has 1 aromatic carbocycles. The number of halogens is 1. The third-order valence-electron chi connectivity index (χ3n) is 2.60. The molecule has 0 atom stereocenters. The Morgan fingerprint density at radius 1 is 1.00 bits per heavy atom. The van der Waals surface area contributed by atoms with E-state index < -0.39 is 0 Å². The molecular weight excluding hydrogens is 290 g/mol. The van der Waals surface area contributed by atoms with E-state index in [1.807, 2.05) is 30.3 Å². The molecule has 0 saturated heterocycles. The number of nitrogens with one attached hydrogen (secondary N) is 1. The molecule has 18 heavy (non-hydrogen) atoms. The minimum atomic E-state index is 0.944. The van der Waals surface area contributed by atoms with E-state index in [-0.39, 0.29) is 0 Å². The number of rotatable bonds is 2. The highest BCUT2D eigenvalue weighted by molar-refractivity contribution is 9.10. The van der Waals surface area contributed by atoms with E-state index in [0.29, 0.717) is 0 Å². The second kappa shape index (κ2) is 4.74. The molecule has 0 saturated carbocycles. The summed E-state index contributed by atoms with van der Waals surface area (Å²) in [7, 11) is 0. The number of benzene rings is 1. The first-order valence-corrected chi connectivity index (χ1v) is 6.33. The minimum absolute atomic E-state index is 0.944. The largest absolute Gasteiger partial charge is 0.354 e. The standard InChI is InChI=1S/C14H10BrN3/c15-11-6-13(9-16-8-11)18-12-4-3-10-2-1-5-17-14(10)7-12/h1-9,18H. The van der Waals surface area contributed by atoms with Crippen molar-refractivity contribution >= 4 is 38.2 Å². The van der Waals surface area contributed by atoms with Gasteiger partial charge in [0.05, 0.1) is 17.4 Å². The maximum atomic E-state index is 4.34. The van der Waals surface area contributed by atoms with Crippen molar-refractivity contribution in [1.29, 1.82) is 0 Å². The van der Waals surface area contributed by atoms with Crippen LogP contribution in [0.5, 0.6) is 0 Å². The van der Waals surface area contributed by atoms with Gasteiger partial charge in [-0.2, -0.15) is 0 Å². The molecule has 1 N–H and O–H groups in total. The van der Waals surface area contributed by atoms with Gasteiger partial charge in [-0.3, -0.25) is 9.97 Å². The van der Waals surface area contributed by atoms with Crippen LogP contribution in [0.2, 0.25) is 0 Å². The van der Waals surface area contributed by atoms with Gasteiger partial charge in [0.1, 0.15) is 0 Å². The van der Waals surface area contributed by atoms with Crippen LogP contribution < -0.4 is 5.32 Å². The monoisotopic (exact) mass is 299 g/mol. The summed E-state index contributed by atoms with van der Waals surface area (Å²) in [6.45, 7) is 0. The van der Waals surface area contributed by atoms with Gasteiger partial charge in [-0.15, -0.1) is 0 Å².